The highest BCUT2D eigenvalue weighted by atomic mass is 32.2. The Morgan fingerprint density at radius 3 is 2.13 bits per heavy atom. The van der Waals surface area contributed by atoms with Crippen molar-refractivity contribution >= 4 is 41.3 Å². The molecule has 0 spiro atoms. The number of benzene rings is 2. The number of nitrogens with one attached hydrogen (secondary N) is 4. The third-order valence-electron chi connectivity index (χ3n) is 13.6. The highest BCUT2D eigenvalue weighted by Gasteiger charge is 2.42. The van der Waals surface area contributed by atoms with Crippen LogP contribution in [0.1, 0.15) is 88.0 Å². The third kappa shape index (κ3) is 19.0. The summed E-state index contributed by atoms with van der Waals surface area (Å²) in [5.41, 5.74) is 3.62. The summed E-state index contributed by atoms with van der Waals surface area (Å²) in [5.74, 6) is 6.05. The van der Waals surface area contributed by atoms with Crippen LogP contribution in [0.2, 0.25) is 0 Å². The van der Waals surface area contributed by atoms with Crippen LogP contribution in [0.3, 0.4) is 0 Å². The minimum Gasteiger partial charge on any atom is -0.377 e. The van der Waals surface area contributed by atoms with Crippen molar-refractivity contribution in [2.45, 2.75) is 75.4 Å². The molecular weight excluding hydrogens is 982 g/mol. The van der Waals surface area contributed by atoms with Crippen LogP contribution < -0.4 is 21.3 Å². The number of carbonyl (C=O) groups is 5. The van der Waals surface area contributed by atoms with Crippen LogP contribution in [0.5, 0.6) is 0 Å². The molecule has 3 aromatic rings. The topological polar surface area (TPSA) is 217 Å². The molecule has 4 saturated heterocycles. The van der Waals surface area contributed by atoms with Gasteiger partial charge in [-0.3, -0.25) is 34.0 Å². The number of unbranched alkanes of at least 4 members (excludes halogenated alkanes) is 1. The van der Waals surface area contributed by atoms with E-state index in [1.54, 1.807) is 23.1 Å². The van der Waals surface area contributed by atoms with Crippen LogP contribution >= 0.6 is 11.8 Å². The Morgan fingerprint density at radius 1 is 0.787 bits per heavy atom. The van der Waals surface area contributed by atoms with Crippen molar-refractivity contribution in [1.82, 2.24) is 41.0 Å². The normalized spacial score (nSPS) is 18.8. The number of Topliss-reactive ketones (excluding diaryl/α,β-unsaturated/α-hetero) is 1. The van der Waals surface area contributed by atoms with E-state index < -0.39 is 0 Å². The van der Waals surface area contributed by atoms with Crippen molar-refractivity contribution in [2.75, 3.05) is 111 Å². The first-order valence-corrected chi connectivity index (χ1v) is 27.2. The number of fused-ring (bicyclic) bond motifs is 1. The molecule has 5 heterocycles. The zero-order chi connectivity index (χ0) is 52.6. The zero-order valence-electron chi connectivity index (χ0n) is 42.7. The Labute approximate surface area is 443 Å². The van der Waals surface area contributed by atoms with Gasteiger partial charge in [-0.2, -0.15) is 17.0 Å². The molecular formula is C55H70FN9O9S. The van der Waals surface area contributed by atoms with Crippen LogP contribution in [0.15, 0.2) is 60.8 Å². The lowest BCUT2D eigenvalue weighted by atomic mass is 9.90. The molecule has 4 fully saturated rings. The number of hydrogen-bond donors (Lipinski definition) is 4. The molecule has 0 aliphatic carbocycles. The van der Waals surface area contributed by atoms with Gasteiger partial charge in [0.05, 0.1) is 87.6 Å². The lowest BCUT2D eigenvalue weighted by molar-refractivity contribution is -0.126. The largest absolute Gasteiger partial charge is 0.377 e. The first-order chi connectivity index (χ1) is 36.6. The Balaban J connectivity index is 0.758. The molecule has 0 saturated carbocycles. The number of ketones is 1. The average Bonchev–Trinajstić information content (AvgIpc) is 3.99. The first kappa shape index (κ1) is 56.8. The van der Waals surface area contributed by atoms with Crippen molar-refractivity contribution in [1.29, 1.82) is 5.26 Å². The van der Waals surface area contributed by atoms with Crippen LogP contribution in [0, 0.1) is 34.9 Å². The fraction of sp³-hybridized carbons (Fsp3) is 0.545. The zero-order valence-corrected chi connectivity index (χ0v) is 43.5. The molecule has 1 aromatic heterocycles. The molecule has 0 radical (unpaired) electrons. The SMILES string of the molecule is N#Cc1ccc(CN2CCC(CC(=O)c3ncc(C(=O)N4CCN(Cc5ccc(F)cc5)CC4)cc3C#CCNC(=O)COCCOCCOCCOCCNC(=O)CCCC[C@@H]3SCC4NC(=O)NC43)CC2)cc1. The van der Waals surface area contributed by atoms with Gasteiger partial charge in [-0.1, -0.05) is 42.5 Å². The van der Waals surface area contributed by atoms with Gasteiger partial charge in [0.2, 0.25) is 11.8 Å². The van der Waals surface area contributed by atoms with Crippen LogP contribution in [-0.4, -0.2) is 178 Å². The van der Waals surface area contributed by atoms with E-state index in [9.17, 15) is 28.4 Å². The number of nitriles is 1. The van der Waals surface area contributed by atoms with Gasteiger partial charge in [-0.05, 0) is 86.1 Å². The number of pyridine rings is 1. The molecule has 75 heavy (non-hydrogen) atoms. The van der Waals surface area contributed by atoms with E-state index in [1.165, 1.54) is 18.3 Å². The smallest absolute Gasteiger partial charge is 0.315 e. The highest BCUT2D eigenvalue weighted by molar-refractivity contribution is 8.00. The van der Waals surface area contributed by atoms with E-state index in [2.05, 4.69) is 54.0 Å². The summed E-state index contributed by atoms with van der Waals surface area (Å²) in [6.07, 6.45) is 6.63. The van der Waals surface area contributed by atoms with Gasteiger partial charge in [0.25, 0.3) is 5.91 Å². The van der Waals surface area contributed by atoms with Crippen molar-refractivity contribution < 1.29 is 47.3 Å². The van der Waals surface area contributed by atoms with Gasteiger partial charge in [0.1, 0.15) is 18.1 Å². The lowest BCUT2D eigenvalue weighted by Crippen LogP contribution is -2.48. The summed E-state index contributed by atoms with van der Waals surface area (Å²) in [7, 11) is 0. The van der Waals surface area contributed by atoms with E-state index in [-0.39, 0.29) is 85.4 Å². The maximum absolute atomic E-state index is 13.9. The minimum atomic E-state index is -0.373. The minimum absolute atomic E-state index is 0.00570. The summed E-state index contributed by atoms with van der Waals surface area (Å²) in [5, 5.41) is 21.1. The number of likely N-dealkylation sites (tertiary alicyclic amines) is 1. The number of piperidine rings is 1. The van der Waals surface area contributed by atoms with Gasteiger partial charge in [-0.15, -0.1) is 0 Å². The molecule has 3 atom stereocenters. The van der Waals surface area contributed by atoms with Crippen LogP contribution in [0.25, 0.3) is 0 Å². The molecule has 2 aromatic carbocycles. The number of rotatable bonds is 28. The quantitative estimate of drug-likeness (QED) is 0.0351. The van der Waals surface area contributed by atoms with E-state index in [0.717, 1.165) is 68.6 Å². The number of halogens is 1. The van der Waals surface area contributed by atoms with Crippen molar-refractivity contribution in [3.63, 3.8) is 0 Å². The number of nitrogens with zero attached hydrogens (tertiary/aromatic N) is 5. The number of piperazine rings is 1. The summed E-state index contributed by atoms with van der Waals surface area (Å²) in [6.45, 7) is 7.93. The lowest BCUT2D eigenvalue weighted by Gasteiger charge is -2.34. The van der Waals surface area contributed by atoms with Gasteiger partial charge in [-0.25, -0.2) is 9.18 Å². The predicted molar refractivity (Wildman–Crippen MR) is 280 cm³/mol. The number of ether oxygens (including phenoxy) is 4. The van der Waals surface area contributed by atoms with Crippen molar-refractivity contribution in [3.8, 4) is 17.9 Å². The molecule has 18 nitrogen and oxygen atoms in total. The Bertz CT molecular complexity index is 2450. The second-order valence-corrected chi connectivity index (χ2v) is 20.4. The van der Waals surface area contributed by atoms with Crippen molar-refractivity contribution in [3.05, 3.63) is 100 Å². The van der Waals surface area contributed by atoms with Gasteiger partial charge in [0.15, 0.2) is 5.78 Å². The molecule has 0 bridgehead atoms. The molecule has 5 amide bonds. The Kier molecular flexibility index (Phi) is 23.1. The van der Waals surface area contributed by atoms with Gasteiger partial charge >= 0.3 is 6.03 Å². The second kappa shape index (κ2) is 30.5. The molecule has 7 rings (SSSR count). The fourth-order valence-corrected chi connectivity index (χ4v) is 11.0. The molecule has 4 aliphatic heterocycles. The fourth-order valence-electron chi connectivity index (χ4n) is 9.47. The average molecular weight is 1050 g/mol. The number of amides is 5. The maximum atomic E-state index is 13.9. The number of carbonyl (C=O) groups excluding carboxylic acids is 5. The summed E-state index contributed by atoms with van der Waals surface area (Å²) in [6, 6.07) is 18.1. The third-order valence-corrected chi connectivity index (χ3v) is 15.2. The number of hydrogen-bond acceptors (Lipinski definition) is 14. The van der Waals surface area contributed by atoms with Crippen LogP contribution in [-0.2, 0) is 41.6 Å². The highest BCUT2D eigenvalue weighted by Crippen LogP contribution is 2.33. The summed E-state index contributed by atoms with van der Waals surface area (Å²) < 4.78 is 35.5. The summed E-state index contributed by atoms with van der Waals surface area (Å²) >= 11 is 1.88. The molecule has 20 heteroatoms. The number of urea groups is 1. The van der Waals surface area contributed by atoms with Gasteiger partial charge in [0, 0.05) is 75.9 Å². The predicted octanol–water partition coefficient (Wildman–Crippen LogP) is 3.91. The van der Waals surface area contributed by atoms with Gasteiger partial charge < -0.3 is 45.1 Å². The van der Waals surface area contributed by atoms with E-state index in [1.807, 2.05) is 36.0 Å². The van der Waals surface area contributed by atoms with Crippen molar-refractivity contribution in [2.24, 2.45) is 5.92 Å². The van der Waals surface area contributed by atoms with Crippen LogP contribution in [0.4, 0.5) is 9.18 Å². The molecule has 4 aliphatic rings. The maximum Gasteiger partial charge on any atom is 0.315 e. The molecule has 4 N–H and O–H groups in total. The van der Waals surface area contributed by atoms with E-state index in [0.29, 0.717) is 107 Å². The molecule has 2 unspecified atom stereocenters. The molecule has 402 valence electrons. The summed E-state index contributed by atoms with van der Waals surface area (Å²) in [4.78, 5) is 74.8. The number of thioether (sulfide) groups is 1. The first-order valence-electron chi connectivity index (χ1n) is 26.1. The van der Waals surface area contributed by atoms with E-state index in [4.69, 9.17) is 24.2 Å². The Morgan fingerprint density at radius 2 is 1.44 bits per heavy atom. The van der Waals surface area contributed by atoms with E-state index >= 15 is 0 Å². The number of aromatic nitrogens is 1. The standard InChI is InChI=1S/C55H70FN9O9S/c56-46-13-11-43(12-14-46)37-64-21-23-65(24-22-64)54(69)45-33-44(52(60-35-45)48(66)32-40-15-19-63(20-16-40)36-42-9-7-41(34-57)8-10-42)4-3-17-58-51(68)38-74-31-30-73-29-28-72-27-26-71-25-18-59-50(67)6-2-1-5-49-53-47(39-75-49)61-55(70)62-53/h7-14,33,35,40,47,49,53H,1-2,5-6,15-32,36-39H2,(H,58,68)(H,59,67)(H2,61,62,70)/t47?,49-,53?/m0/s1. The monoisotopic (exact) mass is 1050 g/mol. The Hall–Kier alpha value is -5.97. The second-order valence-electron chi connectivity index (χ2n) is 19.2.